The van der Waals surface area contributed by atoms with Crippen LogP contribution < -0.4 is 0 Å². The van der Waals surface area contributed by atoms with Crippen LogP contribution in [0.5, 0.6) is 0 Å². The molecule has 0 aromatic rings. The van der Waals surface area contributed by atoms with Crippen molar-refractivity contribution >= 4 is 0 Å². The van der Waals surface area contributed by atoms with Crippen LogP contribution in [0.1, 0.15) is 92.4 Å². The van der Waals surface area contributed by atoms with Crippen molar-refractivity contribution < 1.29 is 5.11 Å². The summed E-state index contributed by atoms with van der Waals surface area (Å²) >= 11 is 0. The van der Waals surface area contributed by atoms with E-state index in [1.807, 2.05) is 0 Å². The largest absolute Gasteiger partial charge is 0.393 e. The van der Waals surface area contributed by atoms with E-state index in [1.54, 1.807) is 5.57 Å². The van der Waals surface area contributed by atoms with Crippen LogP contribution in [-0.4, -0.2) is 11.2 Å². The van der Waals surface area contributed by atoms with Crippen LogP contribution in [0.15, 0.2) is 23.8 Å². The maximum atomic E-state index is 10.2. The van der Waals surface area contributed by atoms with Crippen LogP contribution in [0, 0.1) is 46.3 Å². The zero-order valence-electron chi connectivity index (χ0n) is 19.1. The van der Waals surface area contributed by atoms with Crippen LogP contribution in [0.3, 0.4) is 0 Å². The fraction of sp³-hybridized carbons (Fsp3) is 0.852. The number of hydrogen-bond donors (Lipinski definition) is 1. The third-order valence-corrected chi connectivity index (χ3v) is 9.83. The standard InChI is InChI=1S/C27H44O/c1-18(2)7-6-8-19(3)23-11-12-24-22-10-9-20-17-21(28)13-15-26(20,4)25(22)14-16-27(23,24)5/h6,8-9,18-19,21-25,28H,7,10-17H2,1-5H3/b8-6+/t19-,21+,22+,23-,24+,25-,26-,27+/m1/s1. The molecule has 158 valence electrons. The van der Waals surface area contributed by atoms with E-state index in [0.717, 1.165) is 48.3 Å². The summed E-state index contributed by atoms with van der Waals surface area (Å²) in [6.45, 7) is 12.3. The highest BCUT2D eigenvalue weighted by Gasteiger charge is 2.58. The number of aliphatic hydroxyl groups excluding tert-OH is 1. The lowest BCUT2D eigenvalue weighted by Gasteiger charge is -2.58. The zero-order valence-corrected chi connectivity index (χ0v) is 19.1. The molecule has 4 rings (SSSR count). The highest BCUT2D eigenvalue weighted by molar-refractivity contribution is 5.25. The maximum absolute atomic E-state index is 10.2. The van der Waals surface area contributed by atoms with Crippen molar-refractivity contribution in [3.8, 4) is 0 Å². The van der Waals surface area contributed by atoms with E-state index in [0.29, 0.717) is 10.8 Å². The van der Waals surface area contributed by atoms with Crippen LogP contribution in [-0.2, 0) is 0 Å². The van der Waals surface area contributed by atoms with Crippen LogP contribution >= 0.6 is 0 Å². The Hall–Kier alpha value is -0.560. The van der Waals surface area contributed by atoms with E-state index in [9.17, 15) is 5.11 Å². The molecule has 8 atom stereocenters. The van der Waals surface area contributed by atoms with E-state index in [2.05, 4.69) is 52.8 Å². The molecule has 1 N–H and O–H groups in total. The molecule has 0 aromatic carbocycles. The molecule has 28 heavy (non-hydrogen) atoms. The van der Waals surface area contributed by atoms with Crippen molar-refractivity contribution in [2.24, 2.45) is 46.3 Å². The first-order chi connectivity index (χ1) is 13.3. The SMILES string of the molecule is CC(C)C/C=C/[C@@H](C)[C@H]1CC[C@H]2[C@@H]3CC=C4C[C@@H](O)CC[C@@]4(C)[C@@H]3CC[C@@]12C. The Labute approximate surface area is 174 Å². The highest BCUT2D eigenvalue weighted by atomic mass is 16.3. The molecule has 3 saturated carbocycles. The highest BCUT2D eigenvalue weighted by Crippen LogP contribution is 2.67. The maximum Gasteiger partial charge on any atom is 0.0577 e. The summed E-state index contributed by atoms with van der Waals surface area (Å²) in [4.78, 5) is 0. The number of allylic oxidation sites excluding steroid dienone is 3. The van der Waals surface area contributed by atoms with Gasteiger partial charge in [-0.1, -0.05) is 58.4 Å². The van der Waals surface area contributed by atoms with Crippen molar-refractivity contribution in [2.75, 3.05) is 0 Å². The number of hydrogen-bond acceptors (Lipinski definition) is 1. The molecule has 4 aliphatic rings. The number of aliphatic hydroxyl groups is 1. The molecular weight excluding hydrogens is 340 g/mol. The molecule has 0 heterocycles. The molecule has 0 amide bonds. The minimum absolute atomic E-state index is 0.0842. The second-order valence-electron chi connectivity index (χ2n) is 11.8. The fourth-order valence-corrected chi connectivity index (χ4v) is 8.25. The quantitative estimate of drug-likeness (QED) is 0.510. The van der Waals surface area contributed by atoms with Gasteiger partial charge in [-0.2, -0.15) is 0 Å². The minimum Gasteiger partial charge on any atom is -0.393 e. The van der Waals surface area contributed by atoms with Gasteiger partial charge in [0.25, 0.3) is 0 Å². The molecule has 0 aliphatic heterocycles. The minimum atomic E-state index is -0.0842. The van der Waals surface area contributed by atoms with Crippen molar-refractivity contribution in [1.29, 1.82) is 0 Å². The van der Waals surface area contributed by atoms with Crippen molar-refractivity contribution in [3.63, 3.8) is 0 Å². The molecule has 4 aliphatic carbocycles. The van der Waals surface area contributed by atoms with E-state index in [1.165, 1.54) is 44.9 Å². The molecule has 1 heteroatoms. The van der Waals surface area contributed by atoms with Gasteiger partial charge in [0.1, 0.15) is 0 Å². The normalized spacial score (nSPS) is 46.8. The molecule has 0 aromatic heterocycles. The van der Waals surface area contributed by atoms with Crippen molar-refractivity contribution in [3.05, 3.63) is 23.8 Å². The molecule has 3 fully saturated rings. The molecule has 0 unspecified atom stereocenters. The average Bonchev–Trinajstić information content (AvgIpc) is 2.99. The lowest BCUT2D eigenvalue weighted by atomic mass is 9.47. The van der Waals surface area contributed by atoms with Gasteiger partial charge in [0, 0.05) is 0 Å². The summed E-state index contributed by atoms with van der Waals surface area (Å²) < 4.78 is 0. The molecule has 0 spiro atoms. The van der Waals surface area contributed by atoms with E-state index in [4.69, 9.17) is 0 Å². The smallest absolute Gasteiger partial charge is 0.0577 e. The average molecular weight is 385 g/mol. The Morgan fingerprint density at radius 1 is 1.07 bits per heavy atom. The third kappa shape index (κ3) is 3.34. The summed E-state index contributed by atoms with van der Waals surface area (Å²) in [5.74, 6) is 5.03. The molecular formula is C27H44O. The fourth-order valence-electron chi connectivity index (χ4n) is 8.25. The topological polar surface area (TPSA) is 20.2 Å². The molecule has 0 radical (unpaired) electrons. The van der Waals surface area contributed by atoms with Crippen molar-refractivity contribution in [2.45, 2.75) is 98.5 Å². The van der Waals surface area contributed by atoms with Gasteiger partial charge in [0.05, 0.1) is 6.10 Å². The van der Waals surface area contributed by atoms with Crippen LogP contribution in [0.2, 0.25) is 0 Å². The summed E-state index contributed by atoms with van der Waals surface area (Å²) in [5.41, 5.74) is 2.53. The van der Waals surface area contributed by atoms with Gasteiger partial charge in [0.15, 0.2) is 0 Å². The Bertz CT molecular complexity index is 630. The lowest BCUT2D eigenvalue weighted by molar-refractivity contribution is -0.0540. The lowest BCUT2D eigenvalue weighted by Crippen LogP contribution is -2.50. The van der Waals surface area contributed by atoms with Gasteiger partial charge in [0.2, 0.25) is 0 Å². The van der Waals surface area contributed by atoms with E-state index in [-0.39, 0.29) is 6.10 Å². The van der Waals surface area contributed by atoms with Gasteiger partial charge in [-0.15, -0.1) is 0 Å². The molecule has 1 nitrogen and oxygen atoms in total. The monoisotopic (exact) mass is 384 g/mol. The summed E-state index contributed by atoms with van der Waals surface area (Å²) in [6, 6.07) is 0. The van der Waals surface area contributed by atoms with Gasteiger partial charge < -0.3 is 5.11 Å². The van der Waals surface area contributed by atoms with Crippen LogP contribution in [0.4, 0.5) is 0 Å². The summed E-state index contributed by atoms with van der Waals surface area (Å²) in [5, 5.41) is 10.2. The second-order valence-corrected chi connectivity index (χ2v) is 11.8. The summed E-state index contributed by atoms with van der Waals surface area (Å²) in [7, 11) is 0. The van der Waals surface area contributed by atoms with E-state index >= 15 is 0 Å². The first-order valence-corrected chi connectivity index (χ1v) is 12.3. The van der Waals surface area contributed by atoms with Crippen LogP contribution in [0.25, 0.3) is 0 Å². The van der Waals surface area contributed by atoms with Gasteiger partial charge in [-0.25, -0.2) is 0 Å². The van der Waals surface area contributed by atoms with Gasteiger partial charge >= 0.3 is 0 Å². The third-order valence-electron chi connectivity index (χ3n) is 9.83. The Kier molecular flexibility index (Phi) is 5.62. The number of fused-ring (bicyclic) bond motifs is 5. The predicted octanol–water partition coefficient (Wildman–Crippen LogP) is 7.16. The van der Waals surface area contributed by atoms with Gasteiger partial charge in [-0.3, -0.25) is 0 Å². The first-order valence-electron chi connectivity index (χ1n) is 12.3. The number of rotatable bonds is 4. The van der Waals surface area contributed by atoms with Gasteiger partial charge in [-0.05, 0) is 104 Å². The first kappa shape index (κ1) is 20.7. The molecule has 0 bridgehead atoms. The Morgan fingerprint density at radius 3 is 2.61 bits per heavy atom. The molecule has 0 saturated heterocycles. The van der Waals surface area contributed by atoms with Crippen molar-refractivity contribution in [1.82, 2.24) is 0 Å². The Morgan fingerprint density at radius 2 is 1.86 bits per heavy atom. The van der Waals surface area contributed by atoms with E-state index < -0.39 is 0 Å². The predicted molar refractivity (Wildman–Crippen MR) is 119 cm³/mol. The second kappa shape index (κ2) is 7.60. The summed E-state index contributed by atoms with van der Waals surface area (Å²) in [6.07, 6.45) is 18.9. The Balaban J connectivity index is 1.53. The zero-order chi connectivity index (χ0) is 20.1.